The van der Waals surface area contributed by atoms with E-state index in [0.717, 1.165) is 18.9 Å². The number of halogens is 3. The van der Waals surface area contributed by atoms with Crippen LogP contribution in [0.5, 0.6) is 0 Å². The summed E-state index contributed by atoms with van der Waals surface area (Å²) >= 11 is 3.05. The van der Waals surface area contributed by atoms with Crippen LogP contribution < -0.4 is 5.32 Å². The van der Waals surface area contributed by atoms with E-state index in [9.17, 15) is 13.6 Å². The highest BCUT2D eigenvalue weighted by Crippen LogP contribution is 2.26. The topological polar surface area (TPSA) is 41.6 Å². The number of likely N-dealkylation sites (tertiary alicyclic amines) is 1. The van der Waals surface area contributed by atoms with Crippen molar-refractivity contribution in [2.75, 3.05) is 18.4 Å². The second-order valence-corrected chi connectivity index (χ2v) is 7.51. The van der Waals surface area contributed by atoms with Gasteiger partial charge in [-0.3, -0.25) is 0 Å². The van der Waals surface area contributed by atoms with Gasteiger partial charge in [-0.1, -0.05) is 0 Å². The van der Waals surface area contributed by atoms with E-state index in [0.29, 0.717) is 13.1 Å². The quantitative estimate of drug-likeness (QED) is 0.753. The van der Waals surface area contributed by atoms with E-state index < -0.39 is 17.2 Å². The summed E-state index contributed by atoms with van der Waals surface area (Å²) in [6.45, 7) is 6.48. The Balaban J connectivity index is 2.02. The highest BCUT2D eigenvalue weighted by Gasteiger charge is 2.28. The molecule has 1 heterocycles. The average Bonchev–Trinajstić information content (AvgIpc) is 2.43. The number of hydrogen-bond donors (Lipinski definition) is 1. The third kappa shape index (κ3) is 5.06. The molecule has 1 unspecified atom stereocenters. The van der Waals surface area contributed by atoms with Crippen molar-refractivity contribution in [1.82, 2.24) is 4.90 Å². The summed E-state index contributed by atoms with van der Waals surface area (Å²) in [4.78, 5) is 13.7. The molecule has 1 saturated heterocycles. The van der Waals surface area contributed by atoms with Crippen molar-refractivity contribution in [1.29, 1.82) is 0 Å². The zero-order chi connectivity index (χ0) is 17.2. The second kappa shape index (κ2) is 7.03. The van der Waals surface area contributed by atoms with Crippen molar-refractivity contribution in [2.24, 2.45) is 0 Å². The van der Waals surface area contributed by atoms with Crippen molar-refractivity contribution < 1.29 is 18.3 Å². The normalized spacial score (nSPS) is 18.7. The molecule has 1 aromatic carbocycles. The first-order chi connectivity index (χ1) is 10.7. The fraction of sp³-hybridized carbons (Fsp3) is 0.562. The molecule has 128 valence electrons. The first-order valence-corrected chi connectivity index (χ1v) is 8.34. The van der Waals surface area contributed by atoms with E-state index in [4.69, 9.17) is 4.74 Å². The smallest absolute Gasteiger partial charge is 0.410 e. The van der Waals surface area contributed by atoms with Gasteiger partial charge in [-0.25, -0.2) is 13.6 Å². The van der Waals surface area contributed by atoms with E-state index in [-0.39, 0.29) is 22.3 Å². The van der Waals surface area contributed by atoms with Gasteiger partial charge in [-0.15, -0.1) is 0 Å². The highest BCUT2D eigenvalue weighted by atomic mass is 79.9. The molecule has 1 fully saturated rings. The molecule has 1 aliphatic rings. The van der Waals surface area contributed by atoms with Gasteiger partial charge in [0.15, 0.2) is 0 Å². The summed E-state index contributed by atoms with van der Waals surface area (Å²) in [5.41, 5.74) is -0.333. The summed E-state index contributed by atoms with van der Waals surface area (Å²) < 4.78 is 32.7. The molecule has 0 radical (unpaired) electrons. The number of rotatable bonds is 2. The van der Waals surface area contributed by atoms with Crippen LogP contribution in [0.4, 0.5) is 19.3 Å². The lowest BCUT2D eigenvalue weighted by molar-refractivity contribution is 0.0206. The number of anilines is 1. The first kappa shape index (κ1) is 18.0. The molecule has 0 aliphatic carbocycles. The fourth-order valence-corrected chi connectivity index (χ4v) is 2.78. The molecule has 1 atom stereocenters. The molecule has 0 spiro atoms. The molecular formula is C16H21BrF2N2O2. The predicted octanol–water partition coefficient (Wildman–Crippen LogP) is 4.54. The van der Waals surface area contributed by atoms with E-state index in [1.807, 2.05) is 20.8 Å². The van der Waals surface area contributed by atoms with Crippen LogP contribution in [0.2, 0.25) is 0 Å². The summed E-state index contributed by atoms with van der Waals surface area (Å²) in [6, 6.07) is 2.10. The minimum atomic E-state index is -0.653. The lowest BCUT2D eigenvalue weighted by atomic mass is 10.1. The molecule has 1 aliphatic heterocycles. The zero-order valence-electron chi connectivity index (χ0n) is 13.5. The number of piperidine rings is 1. The Morgan fingerprint density at radius 1 is 1.35 bits per heavy atom. The summed E-state index contributed by atoms with van der Waals surface area (Å²) in [5, 5.41) is 3.04. The molecular weight excluding hydrogens is 370 g/mol. The Morgan fingerprint density at radius 2 is 2.04 bits per heavy atom. The summed E-state index contributed by atoms with van der Waals surface area (Å²) in [7, 11) is 0. The Bertz CT molecular complexity index is 590. The molecule has 1 aromatic rings. The number of amides is 1. The van der Waals surface area contributed by atoms with Crippen molar-refractivity contribution in [3.05, 3.63) is 28.2 Å². The predicted molar refractivity (Wildman–Crippen MR) is 88.5 cm³/mol. The molecule has 0 saturated carbocycles. The molecule has 1 N–H and O–H groups in total. The Kier molecular flexibility index (Phi) is 5.49. The molecule has 4 nitrogen and oxygen atoms in total. The Labute approximate surface area is 143 Å². The highest BCUT2D eigenvalue weighted by molar-refractivity contribution is 9.10. The number of carbonyl (C=O) groups is 1. The van der Waals surface area contributed by atoms with Crippen LogP contribution in [0.15, 0.2) is 16.6 Å². The molecule has 0 aromatic heterocycles. The van der Waals surface area contributed by atoms with Crippen molar-refractivity contribution in [2.45, 2.75) is 45.3 Å². The Hall–Kier alpha value is -1.37. The lowest BCUT2D eigenvalue weighted by Crippen LogP contribution is -2.47. The summed E-state index contributed by atoms with van der Waals surface area (Å²) in [5.74, 6) is -1.30. The van der Waals surface area contributed by atoms with Crippen LogP contribution in [-0.4, -0.2) is 35.7 Å². The van der Waals surface area contributed by atoms with Crippen molar-refractivity contribution >= 4 is 27.7 Å². The molecule has 7 heteroatoms. The van der Waals surface area contributed by atoms with Crippen LogP contribution in [-0.2, 0) is 4.74 Å². The SMILES string of the molecule is CC(C)(C)OC(=O)N1CCCC(Nc2cc(Br)c(F)cc2F)C1. The number of ether oxygens (including phenoxy) is 1. The molecule has 2 rings (SSSR count). The Morgan fingerprint density at radius 3 is 2.70 bits per heavy atom. The van der Waals surface area contributed by atoms with Gasteiger partial charge in [-0.2, -0.15) is 0 Å². The fourth-order valence-electron chi connectivity index (χ4n) is 2.44. The number of hydrogen-bond acceptors (Lipinski definition) is 3. The van der Waals surface area contributed by atoms with Crippen LogP contribution in [0.3, 0.4) is 0 Å². The molecule has 1 amide bonds. The largest absolute Gasteiger partial charge is 0.444 e. The zero-order valence-corrected chi connectivity index (χ0v) is 15.0. The minimum Gasteiger partial charge on any atom is -0.444 e. The second-order valence-electron chi connectivity index (χ2n) is 6.66. The van der Waals surface area contributed by atoms with E-state index in [2.05, 4.69) is 21.2 Å². The van der Waals surface area contributed by atoms with E-state index in [1.165, 1.54) is 6.07 Å². The third-order valence-corrected chi connectivity index (χ3v) is 4.05. The molecule has 23 heavy (non-hydrogen) atoms. The van der Waals surface area contributed by atoms with Crippen LogP contribution in [0.1, 0.15) is 33.6 Å². The monoisotopic (exact) mass is 390 g/mol. The maximum Gasteiger partial charge on any atom is 0.410 e. The van der Waals surface area contributed by atoms with Gasteiger partial charge in [0.2, 0.25) is 0 Å². The number of benzene rings is 1. The van der Waals surface area contributed by atoms with Gasteiger partial charge in [-0.05, 0) is 55.6 Å². The van der Waals surface area contributed by atoms with Gasteiger partial charge >= 0.3 is 6.09 Å². The van der Waals surface area contributed by atoms with E-state index >= 15 is 0 Å². The average molecular weight is 391 g/mol. The van der Waals surface area contributed by atoms with Gasteiger partial charge in [0, 0.05) is 25.2 Å². The van der Waals surface area contributed by atoms with Gasteiger partial charge in [0.1, 0.15) is 17.2 Å². The third-order valence-electron chi connectivity index (χ3n) is 3.44. The standard InChI is InChI=1S/C16H21BrF2N2O2/c1-16(2,3)23-15(22)21-6-4-5-10(9-21)20-14-7-11(17)12(18)8-13(14)19/h7-8,10,20H,4-6,9H2,1-3H3. The number of nitrogens with one attached hydrogen (secondary N) is 1. The van der Waals surface area contributed by atoms with Crippen molar-refractivity contribution in [3.8, 4) is 0 Å². The number of carbonyl (C=O) groups excluding carboxylic acids is 1. The van der Waals surface area contributed by atoms with Crippen LogP contribution >= 0.6 is 15.9 Å². The van der Waals surface area contributed by atoms with Crippen LogP contribution in [0.25, 0.3) is 0 Å². The van der Waals surface area contributed by atoms with Gasteiger partial charge in [0.25, 0.3) is 0 Å². The lowest BCUT2D eigenvalue weighted by Gasteiger charge is -2.34. The maximum absolute atomic E-state index is 13.8. The maximum atomic E-state index is 13.8. The van der Waals surface area contributed by atoms with Gasteiger partial charge in [0.05, 0.1) is 10.2 Å². The minimum absolute atomic E-state index is 0.108. The van der Waals surface area contributed by atoms with Gasteiger partial charge < -0.3 is 15.0 Å². The molecule has 0 bridgehead atoms. The van der Waals surface area contributed by atoms with Crippen LogP contribution in [0, 0.1) is 11.6 Å². The van der Waals surface area contributed by atoms with E-state index in [1.54, 1.807) is 4.90 Å². The summed E-state index contributed by atoms with van der Waals surface area (Å²) in [6.07, 6.45) is 1.22. The first-order valence-electron chi connectivity index (χ1n) is 7.55. The van der Waals surface area contributed by atoms with Crippen molar-refractivity contribution in [3.63, 3.8) is 0 Å². The number of nitrogens with zero attached hydrogens (tertiary/aromatic N) is 1.